The van der Waals surface area contributed by atoms with Crippen LogP contribution in [0.3, 0.4) is 0 Å². The van der Waals surface area contributed by atoms with Crippen LogP contribution in [-0.4, -0.2) is 12.5 Å². The first kappa shape index (κ1) is 13.9. The highest BCUT2D eigenvalue weighted by Crippen LogP contribution is 2.28. The van der Waals surface area contributed by atoms with Gasteiger partial charge in [0, 0.05) is 13.0 Å². The number of nitrogens with one attached hydrogen (secondary N) is 1. The zero-order chi connectivity index (χ0) is 12.6. The minimum Gasteiger partial charge on any atom is -0.356 e. The normalized spacial score (nSPS) is 22.2. The van der Waals surface area contributed by atoms with E-state index in [9.17, 15) is 4.79 Å². The highest BCUT2D eigenvalue weighted by molar-refractivity contribution is 5.76. The Balaban J connectivity index is 1.48. The highest BCUT2D eigenvalue weighted by atomic mass is 16.1. The van der Waals surface area contributed by atoms with Crippen molar-refractivity contribution in [2.24, 2.45) is 11.8 Å². The minimum absolute atomic E-state index is 0.299. The molecule has 2 saturated carbocycles. The standard InChI is InChI=1S/C16H29NO/c18-16(13-15-9-2-1-3-10-15)17-12-6-11-14-7-4-5-8-14/h14-15H,1-13H2,(H,17,18). The summed E-state index contributed by atoms with van der Waals surface area (Å²) in [5.74, 6) is 1.93. The van der Waals surface area contributed by atoms with E-state index in [4.69, 9.17) is 0 Å². The largest absolute Gasteiger partial charge is 0.356 e. The third-order valence-electron chi connectivity index (χ3n) is 4.78. The average Bonchev–Trinajstić information content (AvgIpc) is 2.89. The Bertz CT molecular complexity index is 239. The molecule has 18 heavy (non-hydrogen) atoms. The summed E-state index contributed by atoms with van der Waals surface area (Å²) in [6, 6.07) is 0. The van der Waals surface area contributed by atoms with Crippen LogP contribution >= 0.6 is 0 Å². The van der Waals surface area contributed by atoms with E-state index >= 15 is 0 Å². The molecule has 2 heteroatoms. The Morgan fingerprint density at radius 1 is 0.889 bits per heavy atom. The van der Waals surface area contributed by atoms with Crippen LogP contribution in [0.1, 0.15) is 77.0 Å². The van der Waals surface area contributed by atoms with Gasteiger partial charge in [0.05, 0.1) is 0 Å². The molecule has 0 unspecified atom stereocenters. The Morgan fingerprint density at radius 2 is 1.50 bits per heavy atom. The quantitative estimate of drug-likeness (QED) is 0.709. The molecule has 0 aromatic heterocycles. The molecule has 2 fully saturated rings. The Hall–Kier alpha value is -0.530. The van der Waals surface area contributed by atoms with Gasteiger partial charge in [-0.1, -0.05) is 44.9 Å². The van der Waals surface area contributed by atoms with Gasteiger partial charge in [-0.15, -0.1) is 0 Å². The monoisotopic (exact) mass is 251 g/mol. The number of carbonyl (C=O) groups excluding carboxylic acids is 1. The lowest BCUT2D eigenvalue weighted by molar-refractivity contribution is -0.122. The first-order valence-corrected chi connectivity index (χ1v) is 8.11. The van der Waals surface area contributed by atoms with Gasteiger partial charge >= 0.3 is 0 Å². The van der Waals surface area contributed by atoms with E-state index in [-0.39, 0.29) is 0 Å². The predicted octanol–water partition coefficient (Wildman–Crippen LogP) is 4.04. The van der Waals surface area contributed by atoms with Crippen molar-refractivity contribution in [2.75, 3.05) is 6.54 Å². The van der Waals surface area contributed by atoms with E-state index in [0.29, 0.717) is 11.8 Å². The van der Waals surface area contributed by atoms with Crippen LogP contribution in [0.15, 0.2) is 0 Å². The van der Waals surface area contributed by atoms with Gasteiger partial charge in [0.25, 0.3) is 0 Å². The molecule has 0 aliphatic heterocycles. The summed E-state index contributed by atoms with van der Waals surface area (Å²) in [6.07, 6.45) is 15.6. The van der Waals surface area contributed by atoms with Gasteiger partial charge in [-0.2, -0.15) is 0 Å². The second kappa shape index (κ2) is 7.81. The van der Waals surface area contributed by atoms with Crippen LogP contribution < -0.4 is 5.32 Å². The van der Waals surface area contributed by atoms with Gasteiger partial charge in [0.15, 0.2) is 0 Å². The Kier molecular flexibility index (Phi) is 6.02. The number of hydrogen-bond acceptors (Lipinski definition) is 1. The molecule has 2 aliphatic rings. The Labute approximate surface area is 112 Å². The zero-order valence-electron chi connectivity index (χ0n) is 11.8. The van der Waals surface area contributed by atoms with Crippen LogP contribution in [0.5, 0.6) is 0 Å². The van der Waals surface area contributed by atoms with Crippen molar-refractivity contribution in [3.05, 3.63) is 0 Å². The van der Waals surface area contributed by atoms with Crippen LogP contribution in [0.4, 0.5) is 0 Å². The topological polar surface area (TPSA) is 29.1 Å². The third-order valence-corrected chi connectivity index (χ3v) is 4.78. The average molecular weight is 251 g/mol. The second-order valence-corrected chi connectivity index (χ2v) is 6.35. The Morgan fingerprint density at radius 3 is 2.22 bits per heavy atom. The van der Waals surface area contributed by atoms with Gasteiger partial charge in [-0.3, -0.25) is 4.79 Å². The van der Waals surface area contributed by atoms with Crippen molar-refractivity contribution >= 4 is 5.91 Å². The molecule has 0 spiro atoms. The second-order valence-electron chi connectivity index (χ2n) is 6.35. The van der Waals surface area contributed by atoms with Crippen LogP contribution in [0.25, 0.3) is 0 Å². The molecule has 0 atom stereocenters. The fourth-order valence-electron chi connectivity index (χ4n) is 3.64. The molecular weight excluding hydrogens is 222 g/mol. The lowest BCUT2D eigenvalue weighted by Crippen LogP contribution is -2.27. The van der Waals surface area contributed by atoms with Crippen molar-refractivity contribution in [3.8, 4) is 0 Å². The molecule has 2 aliphatic carbocycles. The predicted molar refractivity (Wildman–Crippen MR) is 75.4 cm³/mol. The SMILES string of the molecule is O=C(CC1CCCCC1)NCCCC1CCCC1. The molecule has 0 heterocycles. The zero-order valence-corrected chi connectivity index (χ0v) is 11.8. The number of carbonyl (C=O) groups is 1. The number of amides is 1. The van der Waals surface area contributed by atoms with Crippen LogP contribution in [-0.2, 0) is 4.79 Å². The van der Waals surface area contributed by atoms with Crippen LogP contribution in [0.2, 0.25) is 0 Å². The van der Waals surface area contributed by atoms with Gasteiger partial charge < -0.3 is 5.32 Å². The van der Waals surface area contributed by atoms with Crippen molar-refractivity contribution < 1.29 is 4.79 Å². The lowest BCUT2D eigenvalue weighted by Gasteiger charge is -2.20. The van der Waals surface area contributed by atoms with Gasteiger partial charge in [-0.05, 0) is 37.5 Å². The van der Waals surface area contributed by atoms with Crippen molar-refractivity contribution in [1.82, 2.24) is 5.32 Å². The molecule has 0 bridgehead atoms. The van der Waals surface area contributed by atoms with Gasteiger partial charge in [0.1, 0.15) is 0 Å². The smallest absolute Gasteiger partial charge is 0.220 e. The van der Waals surface area contributed by atoms with E-state index in [2.05, 4.69) is 5.32 Å². The molecule has 0 saturated heterocycles. The summed E-state index contributed by atoms with van der Waals surface area (Å²) in [5, 5.41) is 3.11. The van der Waals surface area contributed by atoms with E-state index in [0.717, 1.165) is 18.9 Å². The van der Waals surface area contributed by atoms with E-state index < -0.39 is 0 Å². The van der Waals surface area contributed by atoms with Gasteiger partial charge in [-0.25, -0.2) is 0 Å². The van der Waals surface area contributed by atoms with Crippen molar-refractivity contribution in [3.63, 3.8) is 0 Å². The summed E-state index contributed by atoms with van der Waals surface area (Å²) < 4.78 is 0. The maximum absolute atomic E-state index is 11.8. The van der Waals surface area contributed by atoms with E-state index in [1.807, 2.05) is 0 Å². The number of rotatable bonds is 6. The molecule has 104 valence electrons. The molecule has 1 N–H and O–H groups in total. The molecule has 0 aromatic rings. The van der Waals surface area contributed by atoms with E-state index in [1.165, 1.54) is 70.6 Å². The summed E-state index contributed by atoms with van der Waals surface area (Å²) >= 11 is 0. The third kappa shape index (κ3) is 4.99. The molecule has 0 aromatic carbocycles. The maximum atomic E-state index is 11.8. The van der Waals surface area contributed by atoms with Gasteiger partial charge in [0.2, 0.25) is 5.91 Å². The lowest BCUT2D eigenvalue weighted by atomic mass is 9.87. The maximum Gasteiger partial charge on any atom is 0.220 e. The minimum atomic E-state index is 0.299. The fraction of sp³-hybridized carbons (Fsp3) is 0.938. The molecule has 2 rings (SSSR count). The van der Waals surface area contributed by atoms with Crippen molar-refractivity contribution in [1.29, 1.82) is 0 Å². The highest BCUT2D eigenvalue weighted by Gasteiger charge is 2.17. The summed E-state index contributed by atoms with van der Waals surface area (Å²) in [5.41, 5.74) is 0. The summed E-state index contributed by atoms with van der Waals surface area (Å²) in [4.78, 5) is 11.8. The summed E-state index contributed by atoms with van der Waals surface area (Å²) in [7, 11) is 0. The van der Waals surface area contributed by atoms with E-state index in [1.54, 1.807) is 0 Å². The molecule has 0 radical (unpaired) electrons. The van der Waals surface area contributed by atoms with Crippen molar-refractivity contribution in [2.45, 2.75) is 77.0 Å². The first-order chi connectivity index (χ1) is 8.84. The molecule has 1 amide bonds. The van der Waals surface area contributed by atoms with Crippen LogP contribution in [0, 0.1) is 11.8 Å². The molecule has 2 nitrogen and oxygen atoms in total. The summed E-state index contributed by atoms with van der Waals surface area (Å²) in [6.45, 7) is 0.905. The number of hydrogen-bond donors (Lipinski definition) is 1. The fourth-order valence-corrected chi connectivity index (χ4v) is 3.64. The molecular formula is C16H29NO. The first-order valence-electron chi connectivity index (χ1n) is 8.11.